The summed E-state index contributed by atoms with van der Waals surface area (Å²) in [4.78, 5) is 20.0. The molecule has 0 amide bonds. The van der Waals surface area contributed by atoms with E-state index in [0.717, 1.165) is 53.4 Å². The van der Waals surface area contributed by atoms with E-state index in [1.54, 1.807) is 24.5 Å². The van der Waals surface area contributed by atoms with Crippen LogP contribution in [0.4, 0.5) is 17.1 Å². The number of allylic oxidation sites excluding steroid dienone is 1. The van der Waals surface area contributed by atoms with E-state index in [0.29, 0.717) is 5.57 Å². The number of ether oxygens (including phenoxy) is 2. The van der Waals surface area contributed by atoms with E-state index in [4.69, 9.17) is 16.6 Å². The van der Waals surface area contributed by atoms with Crippen molar-refractivity contribution in [1.82, 2.24) is 0 Å². The third kappa shape index (κ3) is 8.84. The van der Waals surface area contributed by atoms with Crippen LogP contribution in [0.1, 0.15) is 37.6 Å². The van der Waals surface area contributed by atoms with Crippen molar-refractivity contribution in [2.75, 3.05) is 12.0 Å². The first-order chi connectivity index (χ1) is 23.0. The van der Waals surface area contributed by atoms with Gasteiger partial charge in [0.25, 0.3) is 6.47 Å². The number of anilines is 3. The van der Waals surface area contributed by atoms with E-state index in [2.05, 4.69) is 87.3 Å². The molecule has 2 heterocycles. The Morgan fingerprint density at radius 3 is 1.64 bits per heavy atom. The SMILES string of the molecule is [C-]#[N+]/C(=C\c1ccc(/C=C/c2ccc(N(c3ccc(/C=C/c4ccc(/C=C(/C)C#N)s4)cc3)c3ccc(OC)cc3)cc2)s1)OC=O. The fourth-order valence-electron chi connectivity index (χ4n) is 4.58. The minimum Gasteiger partial charge on any atom is -0.497 e. The quantitative estimate of drug-likeness (QED) is 0.0581. The van der Waals surface area contributed by atoms with Crippen molar-refractivity contribution in [1.29, 1.82) is 5.26 Å². The Hall–Kier alpha value is -5.93. The summed E-state index contributed by atoms with van der Waals surface area (Å²) in [6.07, 6.45) is 11.7. The number of nitriles is 1. The van der Waals surface area contributed by atoms with E-state index in [-0.39, 0.29) is 12.4 Å². The van der Waals surface area contributed by atoms with Gasteiger partial charge in [-0.15, -0.1) is 22.7 Å². The molecule has 8 heteroatoms. The van der Waals surface area contributed by atoms with Crippen LogP contribution >= 0.6 is 22.7 Å². The van der Waals surface area contributed by atoms with Crippen molar-refractivity contribution in [2.24, 2.45) is 0 Å². The van der Waals surface area contributed by atoms with Gasteiger partial charge in [0.1, 0.15) is 5.75 Å². The second-order valence-electron chi connectivity index (χ2n) is 10.1. The van der Waals surface area contributed by atoms with Crippen molar-refractivity contribution in [2.45, 2.75) is 6.92 Å². The molecule has 0 atom stereocenters. The third-order valence-electron chi connectivity index (χ3n) is 6.89. The van der Waals surface area contributed by atoms with Crippen LogP contribution in [0.2, 0.25) is 0 Å². The molecule has 0 fully saturated rings. The molecule has 3 aromatic carbocycles. The largest absolute Gasteiger partial charge is 0.497 e. The summed E-state index contributed by atoms with van der Waals surface area (Å²) in [5, 5.41) is 9.04. The van der Waals surface area contributed by atoms with Crippen LogP contribution in [0.15, 0.2) is 109 Å². The van der Waals surface area contributed by atoms with E-state index >= 15 is 0 Å². The summed E-state index contributed by atoms with van der Waals surface area (Å²) in [5.41, 5.74) is 5.83. The topological polar surface area (TPSA) is 66.9 Å². The van der Waals surface area contributed by atoms with Gasteiger partial charge in [-0.25, -0.2) is 0 Å². The molecule has 0 unspecified atom stereocenters. The highest BCUT2D eigenvalue weighted by atomic mass is 32.1. The van der Waals surface area contributed by atoms with E-state index < -0.39 is 0 Å². The van der Waals surface area contributed by atoms with Crippen molar-refractivity contribution in [3.8, 4) is 11.8 Å². The first kappa shape index (κ1) is 32.5. The Morgan fingerprint density at radius 2 is 1.19 bits per heavy atom. The molecule has 0 spiro atoms. The van der Waals surface area contributed by atoms with Crippen molar-refractivity contribution in [3.05, 3.63) is 151 Å². The van der Waals surface area contributed by atoms with Crippen LogP contribution in [0.5, 0.6) is 5.75 Å². The average molecular weight is 652 g/mol. The lowest BCUT2D eigenvalue weighted by Gasteiger charge is -2.26. The molecule has 0 saturated carbocycles. The Morgan fingerprint density at radius 1 is 0.723 bits per heavy atom. The maximum absolute atomic E-state index is 10.6. The molecule has 6 nitrogen and oxygen atoms in total. The molecule has 0 radical (unpaired) electrons. The summed E-state index contributed by atoms with van der Waals surface area (Å²) in [5.74, 6) is 0.729. The van der Waals surface area contributed by atoms with Gasteiger partial charge in [-0.1, -0.05) is 36.4 Å². The highest BCUT2D eigenvalue weighted by Crippen LogP contribution is 2.36. The molecule has 230 valence electrons. The van der Waals surface area contributed by atoms with Gasteiger partial charge in [0, 0.05) is 48.2 Å². The number of methoxy groups -OCH3 is 1. The summed E-state index contributed by atoms with van der Waals surface area (Å²) in [6.45, 7) is 9.17. The lowest BCUT2D eigenvalue weighted by molar-refractivity contribution is -0.124. The summed E-state index contributed by atoms with van der Waals surface area (Å²) in [6, 6.07) is 34.8. The standard InChI is InChI=1S/C39H29N3O3S2/c1-28(26-40)24-37-22-20-35(46-37)18-8-29-4-10-31(11-5-29)42(33-14-16-34(44-3)17-15-33)32-12-6-30(7-13-32)9-19-36-21-23-38(47-36)25-39(41-2)45-27-43/h4-25,27H,1,3H3/b18-8+,19-9+,28-24-,39-25+. The van der Waals surface area contributed by atoms with Crippen molar-refractivity contribution in [3.63, 3.8) is 0 Å². The molecule has 2 aromatic heterocycles. The molecule has 0 aliphatic heterocycles. The zero-order chi connectivity index (χ0) is 33.0. The highest BCUT2D eigenvalue weighted by Gasteiger charge is 2.13. The first-order valence-corrected chi connectivity index (χ1v) is 16.1. The highest BCUT2D eigenvalue weighted by molar-refractivity contribution is 7.14. The third-order valence-corrected chi connectivity index (χ3v) is 8.88. The van der Waals surface area contributed by atoms with Crippen LogP contribution in [0.3, 0.4) is 0 Å². The molecular formula is C39H29N3O3S2. The number of carbonyl (C=O) groups excluding carboxylic acids is 1. The predicted octanol–water partition coefficient (Wildman–Crippen LogP) is 10.9. The fraction of sp³-hybridized carbons (Fsp3) is 0.0513. The Balaban J connectivity index is 1.35. The van der Waals surface area contributed by atoms with Crippen LogP contribution in [-0.4, -0.2) is 13.6 Å². The number of benzene rings is 3. The zero-order valence-electron chi connectivity index (χ0n) is 25.7. The molecule has 0 aliphatic carbocycles. The van der Waals surface area contributed by atoms with Gasteiger partial charge in [0.15, 0.2) is 0 Å². The van der Waals surface area contributed by atoms with Crippen molar-refractivity contribution >= 4 is 82.7 Å². The van der Waals surface area contributed by atoms with Crippen LogP contribution < -0.4 is 9.64 Å². The maximum Gasteiger partial charge on any atom is 0.349 e. The molecule has 0 aliphatic rings. The number of carbonyl (C=O) groups is 1. The first-order valence-electron chi connectivity index (χ1n) is 14.5. The molecule has 0 saturated heterocycles. The van der Waals surface area contributed by atoms with Gasteiger partial charge in [0.2, 0.25) is 0 Å². The second kappa shape index (κ2) is 15.9. The number of hydrogen-bond acceptors (Lipinski definition) is 7. The lowest BCUT2D eigenvalue weighted by atomic mass is 10.1. The van der Waals surface area contributed by atoms with Gasteiger partial charge in [0.05, 0.1) is 19.8 Å². The summed E-state index contributed by atoms with van der Waals surface area (Å²) < 4.78 is 10.1. The summed E-state index contributed by atoms with van der Waals surface area (Å²) >= 11 is 3.14. The summed E-state index contributed by atoms with van der Waals surface area (Å²) in [7, 11) is 1.66. The van der Waals surface area contributed by atoms with Gasteiger partial charge in [-0.05, 0) is 109 Å². The smallest absolute Gasteiger partial charge is 0.349 e. The monoisotopic (exact) mass is 651 g/mol. The molecule has 0 bridgehead atoms. The van der Waals surface area contributed by atoms with Crippen molar-refractivity contribution < 1.29 is 14.3 Å². The Bertz CT molecular complexity index is 2030. The number of nitrogens with zero attached hydrogens (tertiary/aromatic N) is 3. The average Bonchev–Trinajstić information content (AvgIpc) is 3.76. The predicted molar refractivity (Wildman–Crippen MR) is 195 cm³/mol. The Labute approximate surface area is 282 Å². The number of rotatable bonds is 12. The lowest BCUT2D eigenvalue weighted by Crippen LogP contribution is -2.09. The minimum atomic E-state index is -0.0609. The molecule has 47 heavy (non-hydrogen) atoms. The fourth-order valence-corrected chi connectivity index (χ4v) is 6.34. The zero-order valence-corrected chi connectivity index (χ0v) is 27.3. The van der Waals surface area contributed by atoms with E-state index in [1.807, 2.05) is 67.6 Å². The van der Waals surface area contributed by atoms with Gasteiger partial charge in [-0.2, -0.15) is 10.1 Å². The minimum absolute atomic E-state index is 0.0609. The molecular weight excluding hydrogens is 623 g/mol. The van der Waals surface area contributed by atoms with E-state index in [9.17, 15) is 4.79 Å². The number of thiophene rings is 2. The maximum atomic E-state index is 10.6. The van der Waals surface area contributed by atoms with Gasteiger partial charge >= 0.3 is 5.88 Å². The molecule has 5 aromatic rings. The van der Waals surface area contributed by atoms with Crippen LogP contribution in [0, 0.1) is 17.9 Å². The Kier molecular flexibility index (Phi) is 11.0. The van der Waals surface area contributed by atoms with Crippen LogP contribution in [-0.2, 0) is 9.53 Å². The normalized spacial score (nSPS) is 11.7. The second-order valence-corrected chi connectivity index (χ2v) is 12.4. The molecule has 0 N–H and O–H groups in total. The molecule has 5 rings (SSSR count). The number of hydrogen-bond donors (Lipinski definition) is 0. The van der Waals surface area contributed by atoms with Gasteiger partial charge in [-0.3, -0.25) is 4.79 Å². The van der Waals surface area contributed by atoms with Gasteiger partial charge < -0.3 is 14.4 Å². The van der Waals surface area contributed by atoms with E-state index in [1.165, 1.54) is 11.3 Å². The van der Waals surface area contributed by atoms with Crippen LogP contribution in [0.25, 0.3) is 41.3 Å².